The van der Waals surface area contributed by atoms with Crippen LogP contribution in [0.5, 0.6) is 0 Å². The van der Waals surface area contributed by atoms with E-state index in [1.807, 2.05) is 6.20 Å². The average Bonchev–Trinajstić information content (AvgIpc) is 2.90. The van der Waals surface area contributed by atoms with E-state index in [-0.39, 0.29) is 0 Å². The lowest BCUT2D eigenvalue weighted by Gasteiger charge is -2.28. The molecule has 3 heterocycles. The zero-order chi connectivity index (χ0) is 15.2. The van der Waals surface area contributed by atoms with Crippen molar-refractivity contribution in [2.24, 2.45) is 5.92 Å². The highest BCUT2D eigenvalue weighted by molar-refractivity contribution is 5.00. The molecule has 0 aromatic carbocycles. The summed E-state index contributed by atoms with van der Waals surface area (Å²) in [7, 11) is 4.39. The van der Waals surface area contributed by atoms with Crippen molar-refractivity contribution in [2.45, 2.75) is 45.6 Å². The number of nitrogens with zero attached hydrogens (tertiary/aromatic N) is 4. The van der Waals surface area contributed by atoms with Gasteiger partial charge in [0.2, 0.25) is 0 Å². The van der Waals surface area contributed by atoms with Gasteiger partial charge in [0, 0.05) is 6.20 Å². The molecule has 2 aliphatic heterocycles. The minimum Gasteiger partial charge on any atom is -0.306 e. The molecular weight excluding hydrogens is 260 g/mol. The predicted octanol–water partition coefficient (Wildman–Crippen LogP) is 2.81. The summed E-state index contributed by atoms with van der Waals surface area (Å²) >= 11 is 0. The summed E-state index contributed by atoms with van der Waals surface area (Å²) in [4.78, 5) is 4.78. The lowest BCUT2D eigenvalue weighted by atomic mass is 10.00. The zero-order valence-electron chi connectivity index (χ0n) is 14.3. The third kappa shape index (κ3) is 5.44. The van der Waals surface area contributed by atoms with Crippen molar-refractivity contribution in [2.75, 3.05) is 40.3 Å². The Balaban J connectivity index is 0.000000173. The van der Waals surface area contributed by atoms with E-state index in [1.54, 1.807) is 0 Å². The fraction of sp³-hybridized carbons (Fsp3) is 0.824. The SMILES string of the molecule is CC1CCN(C)CC1.Cc1cnn(C2CCN(C)CC2)c1. The van der Waals surface area contributed by atoms with E-state index in [2.05, 4.69) is 53.7 Å². The average molecular weight is 292 g/mol. The summed E-state index contributed by atoms with van der Waals surface area (Å²) < 4.78 is 2.13. The van der Waals surface area contributed by atoms with Crippen LogP contribution in [0.2, 0.25) is 0 Å². The van der Waals surface area contributed by atoms with Gasteiger partial charge in [-0.3, -0.25) is 4.68 Å². The van der Waals surface area contributed by atoms with Crippen LogP contribution in [0.15, 0.2) is 12.4 Å². The Morgan fingerprint density at radius 2 is 1.48 bits per heavy atom. The van der Waals surface area contributed by atoms with Gasteiger partial charge in [0.15, 0.2) is 0 Å². The van der Waals surface area contributed by atoms with Gasteiger partial charge in [-0.2, -0.15) is 5.10 Å². The highest BCUT2D eigenvalue weighted by atomic mass is 15.3. The van der Waals surface area contributed by atoms with Gasteiger partial charge < -0.3 is 9.80 Å². The van der Waals surface area contributed by atoms with E-state index in [4.69, 9.17) is 0 Å². The molecule has 0 atom stereocenters. The Hall–Kier alpha value is -0.870. The Morgan fingerprint density at radius 1 is 0.952 bits per heavy atom. The van der Waals surface area contributed by atoms with Crippen LogP contribution >= 0.6 is 0 Å². The molecule has 3 rings (SSSR count). The molecule has 0 aliphatic carbocycles. The second-order valence-corrected chi connectivity index (χ2v) is 7.02. The van der Waals surface area contributed by atoms with Crippen molar-refractivity contribution in [1.82, 2.24) is 19.6 Å². The van der Waals surface area contributed by atoms with Crippen molar-refractivity contribution in [3.05, 3.63) is 18.0 Å². The molecule has 2 fully saturated rings. The van der Waals surface area contributed by atoms with E-state index in [0.717, 1.165) is 5.92 Å². The quantitative estimate of drug-likeness (QED) is 0.795. The minimum atomic E-state index is 0.630. The number of piperidine rings is 2. The summed E-state index contributed by atoms with van der Waals surface area (Å²) in [6.07, 6.45) is 9.36. The van der Waals surface area contributed by atoms with E-state index in [9.17, 15) is 0 Å². The largest absolute Gasteiger partial charge is 0.306 e. The molecule has 0 bridgehead atoms. The number of likely N-dealkylation sites (tertiary alicyclic amines) is 2. The van der Waals surface area contributed by atoms with Crippen LogP contribution in [0.3, 0.4) is 0 Å². The van der Waals surface area contributed by atoms with Crippen molar-refractivity contribution < 1.29 is 0 Å². The summed E-state index contributed by atoms with van der Waals surface area (Å²) in [6, 6.07) is 0.630. The second kappa shape index (κ2) is 7.95. The molecule has 1 aromatic heterocycles. The number of aromatic nitrogens is 2. The standard InChI is InChI=1S/C10H17N3.C7H15N/c1-9-7-11-13(8-9)10-3-5-12(2)6-4-10;1-7-3-5-8(2)6-4-7/h7-8,10H,3-6H2,1-2H3;7H,3-6H2,1-2H3. The third-order valence-electron chi connectivity index (χ3n) is 4.80. The summed E-state index contributed by atoms with van der Waals surface area (Å²) in [5, 5.41) is 4.36. The van der Waals surface area contributed by atoms with E-state index in [0.29, 0.717) is 6.04 Å². The number of hydrogen-bond donors (Lipinski definition) is 0. The number of hydrogen-bond acceptors (Lipinski definition) is 3. The van der Waals surface area contributed by atoms with Crippen LogP contribution in [-0.4, -0.2) is 59.9 Å². The lowest BCUT2D eigenvalue weighted by molar-refractivity contribution is 0.212. The van der Waals surface area contributed by atoms with Gasteiger partial charge >= 0.3 is 0 Å². The first-order chi connectivity index (χ1) is 10.0. The van der Waals surface area contributed by atoms with Gasteiger partial charge in [0.1, 0.15) is 0 Å². The molecular formula is C17H32N4. The molecule has 0 N–H and O–H groups in total. The monoisotopic (exact) mass is 292 g/mol. The van der Waals surface area contributed by atoms with Gasteiger partial charge in [0.05, 0.1) is 12.2 Å². The van der Waals surface area contributed by atoms with E-state index < -0.39 is 0 Å². The summed E-state index contributed by atoms with van der Waals surface area (Å²) in [5.74, 6) is 0.978. The van der Waals surface area contributed by atoms with Crippen LogP contribution in [0.4, 0.5) is 0 Å². The normalized spacial score (nSPS) is 22.9. The van der Waals surface area contributed by atoms with Crippen LogP contribution < -0.4 is 0 Å². The lowest BCUT2D eigenvalue weighted by Crippen LogP contribution is -2.31. The second-order valence-electron chi connectivity index (χ2n) is 7.02. The Kier molecular flexibility index (Phi) is 6.24. The molecule has 0 spiro atoms. The molecule has 120 valence electrons. The first-order valence-electron chi connectivity index (χ1n) is 8.42. The molecule has 1 aromatic rings. The smallest absolute Gasteiger partial charge is 0.0543 e. The molecule has 4 nitrogen and oxygen atoms in total. The Labute approximate surface area is 130 Å². The van der Waals surface area contributed by atoms with Crippen LogP contribution in [0.25, 0.3) is 0 Å². The minimum absolute atomic E-state index is 0.630. The maximum absolute atomic E-state index is 4.36. The Bertz CT molecular complexity index is 389. The van der Waals surface area contributed by atoms with Crippen molar-refractivity contribution in [1.29, 1.82) is 0 Å². The Morgan fingerprint density at radius 3 is 1.90 bits per heavy atom. The van der Waals surface area contributed by atoms with Crippen molar-refractivity contribution in [3.8, 4) is 0 Å². The molecule has 4 heteroatoms. The van der Waals surface area contributed by atoms with Gasteiger partial charge in [0.25, 0.3) is 0 Å². The van der Waals surface area contributed by atoms with Gasteiger partial charge in [-0.25, -0.2) is 0 Å². The van der Waals surface area contributed by atoms with E-state index in [1.165, 1.54) is 57.4 Å². The summed E-state index contributed by atoms with van der Waals surface area (Å²) in [6.45, 7) is 9.45. The van der Waals surface area contributed by atoms with Crippen LogP contribution in [0, 0.1) is 12.8 Å². The van der Waals surface area contributed by atoms with E-state index >= 15 is 0 Å². The molecule has 0 saturated carbocycles. The van der Waals surface area contributed by atoms with Crippen molar-refractivity contribution in [3.63, 3.8) is 0 Å². The maximum atomic E-state index is 4.36. The van der Waals surface area contributed by atoms with Gasteiger partial charge in [-0.1, -0.05) is 6.92 Å². The summed E-state index contributed by atoms with van der Waals surface area (Å²) in [5.41, 5.74) is 1.26. The number of rotatable bonds is 1. The highest BCUT2D eigenvalue weighted by Gasteiger charge is 2.18. The van der Waals surface area contributed by atoms with Crippen LogP contribution in [0.1, 0.15) is 44.2 Å². The van der Waals surface area contributed by atoms with Crippen molar-refractivity contribution >= 4 is 0 Å². The predicted molar refractivity (Wildman–Crippen MR) is 88.6 cm³/mol. The molecule has 0 unspecified atom stereocenters. The van der Waals surface area contributed by atoms with Gasteiger partial charge in [-0.15, -0.1) is 0 Å². The highest BCUT2D eigenvalue weighted by Crippen LogP contribution is 2.20. The maximum Gasteiger partial charge on any atom is 0.0543 e. The fourth-order valence-corrected chi connectivity index (χ4v) is 3.03. The number of aryl methyl sites for hydroxylation is 1. The molecule has 2 aliphatic rings. The van der Waals surface area contributed by atoms with Gasteiger partial charge in [-0.05, 0) is 84.4 Å². The molecule has 2 saturated heterocycles. The topological polar surface area (TPSA) is 24.3 Å². The third-order valence-corrected chi connectivity index (χ3v) is 4.80. The first-order valence-corrected chi connectivity index (χ1v) is 8.42. The molecule has 0 amide bonds. The van der Waals surface area contributed by atoms with Crippen LogP contribution in [-0.2, 0) is 0 Å². The zero-order valence-corrected chi connectivity index (χ0v) is 14.3. The first kappa shape index (κ1) is 16.5. The molecule has 21 heavy (non-hydrogen) atoms. The molecule has 0 radical (unpaired) electrons. The fourth-order valence-electron chi connectivity index (χ4n) is 3.03.